The van der Waals surface area contributed by atoms with Crippen molar-refractivity contribution in [3.63, 3.8) is 0 Å². The minimum Gasteiger partial charge on any atom is -0.411 e. The second-order valence-electron chi connectivity index (χ2n) is 6.95. The second-order valence-corrected chi connectivity index (χ2v) is 9.81. The number of hydrogen-bond donors (Lipinski definition) is 1. The van der Waals surface area contributed by atoms with Crippen LogP contribution in [0.3, 0.4) is 0 Å². The Morgan fingerprint density at radius 2 is 1.94 bits per heavy atom. The molecule has 0 radical (unpaired) electrons. The van der Waals surface area contributed by atoms with Gasteiger partial charge in [-0.2, -0.15) is 9.57 Å². The molecule has 1 aliphatic rings. The van der Waals surface area contributed by atoms with E-state index in [1.54, 1.807) is 36.4 Å². The van der Waals surface area contributed by atoms with E-state index in [4.69, 9.17) is 14.4 Å². The smallest absolute Gasteiger partial charge is 0.277 e. The standard InChI is InChI=1S/C21H19N5O5S2/c22-13-15-3-1-5-17(11-15)23-19(27)14-32-21-25-24-20(31-21)16-4-2-6-18(12-16)33(28,29)26-7-9-30-10-8-26/h1-6,11-12H,7-10,14H2,(H,23,27). The molecule has 2 aromatic carbocycles. The Morgan fingerprint density at radius 1 is 1.15 bits per heavy atom. The second kappa shape index (κ2) is 10.1. The first kappa shape index (κ1) is 22.9. The first-order valence-corrected chi connectivity index (χ1v) is 12.3. The quantitative estimate of drug-likeness (QED) is 0.500. The van der Waals surface area contributed by atoms with Gasteiger partial charge in [-0.1, -0.05) is 23.9 Å². The number of morpholine rings is 1. The molecule has 1 fully saturated rings. The van der Waals surface area contributed by atoms with Crippen molar-refractivity contribution in [2.75, 3.05) is 37.4 Å². The number of rotatable bonds is 7. The zero-order chi connectivity index (χ0) is 23.3. The molecule has 0 spiro atoms. The number of aromatic nitrogens is 2. The number of hydrogen-bond acceptors (Lipinski definition) is 9. The van der Waals surface area contributed by atoms with Crippen LogP contribution in [0.25, 0.3) is 11.5 Å². The fraction of sp³-hybridized carbons (Fsp3) is 0.238. The van der Waals surface area contributed by atoms with Gasteiger partial charge in [0.2, 0.25) is 21.8 Å². The van der Waals surface area contributed by atoms with Crippen LogP contribution in [0.5, 0.6) is 0 Å². The summed E-state index contributed by atoms with van der Waals surface area (Å²) in [5.74, 6) is -0.128. The summed E-state index contributed by atoms with van der Waals surface area (Å²) in [5, 5.41) is 19.7. The first-order valence-electron chi connectivity index (χ1n) is 9.90. The summed E-state index contributed by atoms with van der Waals surface area (Å²) in [7, 11) is -3.66. The summed E-state index contributed by atoms with van der Waals surface area (Å²) in [6.07, 6.45) is 0. The third-order valence-corrected chi connectivity index (χ3v) is 7.41. The highest BCUT2D eigenvalue weighted by Crippen LogP contribution is 2.26. The molecule has 1 amide bonds. The monoisotopic (exact) mass is 485 g/mol. The van der Waals surface area contributed by atoms with Crippen molar-refractivity contribution in [1.29, 1.82) is 5.26 Å². The fourth-order valence-electron chi connectivity index (χ4n) is 3.10. The molecule has 0 unspecified atom stereocenters. The molecule has 0 bridgehead atoms. The summed E-state index contributed by atoms with van der Waals surface area (Å²) in [5.41, 5.74) is 1.42. The van der Waals surface area contributed by atoms with E-state index < -0.39 is 10.0 Å². The summed E-state index contributed by atoms with van der Waals surface area (Å²) >= 11 is 1.05. The number of sulfonamides is 1. The Kier molecular flexibility index (Phi) is 7.05. The summed E-state index contributed by atoms with van der Waals surface area (Å²) in [6, 6.07) is 14.9. The van der Waals surface area contributed by atoms with Crippen LogP contribution in [0.1, 0.15) is 5.56 Å². The maximum Gasteiger partial charge on any atom is 0.277 e. The Bertz CT molecular complexity index is 1300. The van der Waals surface area contributed by atoms with E-state index in [0.717, 1.165) is 11.8 Å². The molecule has 4 rings (SSSR count). The predicted octanol–water partition coefficient (Wildman–Crippen LogP) is 2.36. The topological polar surface area (TPSA) is 138 Å². The summed E-state index contributed by atoms with van der Waals surface area (Å²) < 4.78 is 38.0. The Labute approximate surface area is 194 Å². The minimum absolute atomic E-state index is 0.0177. The van der Waals surface area contributed by atoms with Crippen molar-refractivity contribution >= 4 is 33.4 Å². The highest BCUT2D eigenvalue weighted by Gasteiger charge is 2.27. The molecule has 3 aromatic rings. The van der Waals surface area contributed by atoms with E-state index in [2.05, 4.69) is 15.5 Å². The average Bonchev–Trinajstić information content (AvgIpc) is 3.33. The molecule has 33 heavy (non-hydrogen) atoms. The van der Waals surface area contributed by atoms with Gasteiger partial charge < -0.3 is 14.5 Å². The molecule has 2 heterocycles. The minimum atomic E-state index is -3.66. The third kappa shape index (κ3) is 5.58. The third-order valence-electron chi connectivity index (χ3n) is 4.70. The molecule has 0 aliphatic carbocycles. The molecule has 1 saturated heterocycles. The average molecular weight is 486 g/mol. The lowest BCUT2D eigenvalue weighted by molar-refractivity contribution is -0.113. The van der Waals surface area contributed by atoms with E-state index in [1.165, 1.54) is 16.4 Å². The molecule has 0 saturated carbocycles. The summed E-state index contributed by atoms with van der Waals surface area (Å²) in [4.78, 5) is 12.3. The van der Waals surface area contributed by atoms with E-state index in [1.807, 2.05) is 6.07 Å². The number of thioether (sulfide) groups is 1. The van der Waals surface area contributed by atoms with Gasteiger partial charge in [-0.3, -0.25) is 4.79 Å². The Balaban J connectivity index is 1.40. The molecule has 1 aliphatic heterocycles. The lowest BCUT2D eigenvalue weighted by atomic mass is 10.2. The van der Waals surface area contributed by atoms with Crippen molar-refractivity contribution in [3.8, 4) is 17.5 Å². The molecular weight excluding hydrogens is 466 g/mol. The SMILES string of the molecule is N#Cc1cccc(NC(=O)CSc2nnc(-c3cccc(S(=O)(=O)N4CCOCC4)c3)o2)c1. The predicted molar refractivity (Wildman–Crippen MR) is 120 cm³/mol. The number of ether oxygens (including phenoxy) is 1. The van der Waals surface area contributed by atoms with Crippen molar-refractivity contribution in [3.05, 3.63) is 54.1 Å². The highest BCUT2D eigenvalue weighted by atomic mass is 32.2. The van der Waals surface area contributed by atoms with E-state index in [0.29, 0.717) is 43.1 Å². The van der Waals surface area contributed by atoms with Gasteiger partial charge in [0.15, 0.2) is 0 Å². The molecule has 12 heteroatoms. The number of carbonyl (C=O) groups excluding carboxylic acids is 1. The van der Waals surface area contributed by atoms with E-state index in [-0.39, 0.29) is 27.7 Å². The zero-order valence-corrected chi connectivity index (χ0v) is 18.9. The lowest BCUT2D eigenvalue weighted by Gasteiger charge is -2.26. The van der Waals surface area contributed by atoms with Crippen molar-refractivity contribution in [2.24, 2.45) is 0 Å². The van der Waals surface area contributed by atoms with Crippen LogP contribution in [0.2, 0.25) is 0 Å². The van der Waals surface area contributed by atoms with Crippen LogP contribution in [0, 0.1) is 11.3 Å². The Hall–Kier alpha value is -3.24. The van der Waals surface area contributed by atoms with Gasteiger partial charge in [-0.15, -0.1) is 10.2 Å². The van der Waals surface area contributed by atoms with Crippen molar-refractivity contribution in [1.82, 2.24) is 14.5 Å². The fourth-order valence-corrected chi connectivity index (χ4v) is 5.12. The number of nitrogens with one attached hydrogen (secondary N) is 1. The molecule has 10 nitrogen and oxygen atoms in total. The Morgan fingerprint density at radius 3 is 2.73 bits per heavy atom. The maximum absolute atomic E-state index is 12.9. The highest BCUT2D eigenvalue weighted by molar-refractivity contribution is 7.99. The van der Waals surface area contributed by atoms with Crippen LogP contribution >= 0.6 is 11.8 Å². The van der Waals surface area contributed by atoms with Gasteiger partial charge in [0.05, 0.1) is 35.5 Å². The largest absolute Gasteiger partial charge is 0.411 e. The van der Waals surface area contributed by atoms with Gasteiger partial charge in [-0.05, 0) is 36.4 Å². The van der Waals surface area contributed by atoms with Gasteiger partial charge in [0.25, 0.3) is 5.22 Å². The maximum atomic E-state index is 12.9. The van der Waals surface area contributed by atoms with Gasteiger partial charge in [0, 0.05) is 24.3 Å². The molecule has 1 aromatic heterocycles. The first-order chi connectivity index (χ1) is 16.0. The van der Waals surface area contributed by atoms with Gasteiger partial charge >= 0.3 is 0 Å². The number of amides is 1. The normalized spacial score (nSPS) is 14.5. The van der Waals surface area contributed by atoms with Gasteiger partial charge in [-0.25, -0.2) is 8.42 Å². The number of carbonyl (C=O) groups is 1. The van der Waals surface area contributed by atoms with E-state index >= 15 is 0 Å². The molecule has 170 valence electrons. The number of nitrogens with zero attached hydrogens (tertiary/aromatic N) is 4. The molecule has 0 atom stereocenters. The van der Waals surface area contributed by atoms with Crippen LogP contribution < -0.4 is 5.32 Å². The van der Waals surface area contributed by atoms with Crippen molar-refractivity contribution in [2.45, 2.75) is 10.1 Å². The van der Waals surface area contributed by atoms with Crippen LogP contribution in [0.4, 0.5) is 5.69 Å². The number of nitriles is 1. The van der Waals surface area contributed by atoms with Crippen LogP contribution in [0.15, 0.2) is 63.1 Å². The van der Waals surface area contributed by atoms with Crippen LogP contribution in [-0.2, 0) is 19.6 Å². The van der Waals surface area contributed by atoms with E-state index in [9.17, 15) is 13.2 Å². The zero-order valence-electron chi connectivity index (χ0n) is 17.3. The molecule has 1 N–H and O–H groups in total. The number of benzene rings is 2. The molecular formula is C21H19N5O5S2. The summed E-state index contributed by atoms with van der Waals surface area (Å²) in [6.45, 7) is 1.33. The van der Waals surface area contributed by atoms with Crippen molar-refractivity contribution < 1.29 is 22.4 Å². The lowest BCUT2D eigenvalue weighted by Crippen LogP contribution is -2.40. The van der Waals surface area contributed by atoms with Crippen LogP contribution in [-0.4, -0.2) is 60.9 Å². The van der Waals surface area contributed by atoms with Gasteiger partial charge in [0.1, 0.15) is 0 Å². The number of anilines is 1.